The maximum Gasteiger partial charge on any atom is 0.130 e. The third-order valence-electron chi connectivity index (χ3n) is 3.80. The van der Waals surface area contributed by atoms with Crippen LogP contribution in [-0.4, -0.2) is 21.1 Å². The lowest BCUT2D eigenvalue weighted by molar-refractivity contribution is 0.0766. The highest BCUT2D eigenvalue weighted by Crippen LogP contribution is 2.38. The summed E-state index contributed by atoms with van der Waals surface area (Å²) in [5.74, 6) is 0. The average molecular weight is 287 g/mol. The first-order valence-corrected chi connectivity index (χ1v) is 7.91. The fourth-order valence-corrected chi connectivity index (χ4v) is 4.22. The van der Waals surface area contributed by atoms with Gasteiger partial charge < -0.3 is 5.11 Å². The van der Waals surface area contributed by atoms with Crippen LogP contribution in [0.4, 0.5) is 0 Å². The molecule has 0 aliphatic carbocycles. The van der Waals surface area contributed by atoms with Crippen molar-refractivity contribution in [2.45, 2.75) is 17.3 Å². The summed E-state index contributed by atoms with van der Waals surface area (Å²) in [4.78, 5) is 0. The number of rotatable bonds is 3. The molecule has 2 atom stereocenters. The molecule has 0 spiro atoms. The monoisotopic (exact) mass is 287 g/mol. The first kappa shape index (κ1) is 13.5. The van der Waals surface area contributed by atoms with Gasteiger partial charge in [0.2, 0.25) is 0 Å². The minimum absolute atomic E-state index is 0.340. The van der Waals surface area contributed by atoms with Crippen molar-refractivity contribution in [3.05, 3.63) is 71.8 Å². The molecule has 2 aromatic rings. The van der Waals surface area contributed by atoms with Crippen LogP contribution in [0.5, 0.6) is 0 Å². The number of hydrogen-bond acceptors (Lipinski definition) is 2. The van der Waals surface area contributed by atoms with E-state index in [1.165, 1.54) is 0 Å². The Bertz CT molecular complexity index is 561. The lowest BCUT2D eigenvalue weighted by atomic mass is 9.82. The summed E-state index contributed by atoms with van der Waals surface area (Å²) in [6.45, 7) is 0.666. The molecular weight excluding hydrogens is 270 g/mol. The predicted octanol–water partition coefficient (Wildman–Crippen LogP) is 1.95. The van der Waals surface area contributed by atoms with Gasteiger partial charge in [-0.1, -0.05) is 60.7 Å². The zero-order valence-electron chi connectivity index (χ0n) is 11.0. The van der Waals surface area contributed by atoms with Gasteiger partial charge >= 0.3 is 0 Å². The third kappa shape index (κ3) is 2.20. The Balaban J connectivity index is 2.15. The number of benzene rings is 2. The highest BCUT2D eigenvalue weighted by molar-refractivity contribution is 7.84. The molecule has 3 rings (SSSR count). The number of aliphatic hydroxyl groups is 1. The fourth-order valence-electron chi connectivity index (χ4n) is 2.78. The van der Waals surface area contributed by atoms with E-state index in [9.17, 15) is 9.32 Å². The van der Waals surface area contributed by atoms with Gasteiger partial charge in [-0.3, -0.25) is 0 Å². The second-order valence-electron chi connectivity index (χ2n) is 4.97. The lowest BCUT2D eigenvalue weighted by Crippen LogP contribution is -2.42. The topological polar surface area (TPSA) is 49.3 Å². The van der Waals surface area contributed by atoms with Crippen LogP contribution in [0.3, 0.4) is 0 Å². The molecule has 3 nitrogen and oxygen atoms in total. The van der Waals surface area contributed by atoms with Crippen molar-refractivity contribution >= 4 is 11.0 Å². The van der Waals surface area contributed by atoms with Crippen molar-refractivity contribution in [1.82, 2.24) is 4.72 Å². The van der Waals surface area contributed by atoms with E-state index in [2.05, 4.69) is 4.72 Å². The molecule has 1 heterocycles. The number of hydrogen-bond donors (Lipinski definition) is 2. The first-order valence-electron chi connectivity index (χ1n) is 6.70. The second-order valence-corrected chi connectivity index (χ2v) is 6.42. The Morgan fingerprint density at radius 3 is 1.90 bits per heavy atom. The van der Waals surface area contributed by atoms with E-state index in [4.69, 9.17) is 0 Å². The molecule has 0 unspecified atom stereocenters. The van der Waals surface area contributed by atoms with Gasteiger partial charge in [-0.05, 0) is 17.5 Å². The smallest absolute Gasteiger partial charge is 0.130 e. The molecule has 1 saturated heterocycles. The first-order chi connectivity index (χ1) is 9.73. The Morgan fingerprint density at radius 1 is 1.00 bits per heavy atom. The van der Waals surface area contributed by atoms with Crippen LogP contribution in [0.1, 0.15) is 17.5 Å². The van der Waals surface area contributed by atoms with E-state index >= 15 is 0 Å². The largest absolute Gasteiger partial charge is 0.379 e. The SMILES string of the molecule is O=[S@@]1NCC[C@H]1C(O)(c1ccccc1)c1ccccc1. The summed E-state index contributed by atoms with van der Waals surface area (Å²) in [5.41, 5.74) is 0.346. The Hall–Kier alpha value is -1.49. The average Bonchev–Trinajstić information content (AvgIpc) is 2.95. The van der Waals surface area contributed by atoms with Crippen LogP contribution in [0.2, 0.25) is 0 Å². The summed E-state index contributed by atoms with van der Waals surface area (Å²) >= 11 is 0. The van der Waals surface area contributed by atoms with Gasteiger partial charge in [-0.2, -0.15) is 0 Å². The minimum Gasteiger partial charge on any atom is -0.379 e. The Kier molecular flexibility index (Phi) is 3.70. The van der Waals surface area contributed by atoms with E-state index in [0.29, 0.717) is 13.0 Å². The summed E-state index contributed by atoms with van der Waals surface area (Å²) in [6, 6.07) is 19.0. The van der Waals surface area contributed by atoms with Gasteiger partial charge in [0, 0.05) is 6.54 Å². The highest BCUT2D eigenvalue weighted by atomic mass is 32.2. The lowest BCUT2D eigenvalue weighted by Gasteiger charge is -2.33. The molecule has 4 heteroatoms. The van der Waals surface area contributed by atoms with Gasteiger partial charge in [-0.25, -0.2) is 8.93 Å². The molecule has 0 bridgehead atoms. The maximum absolute atomic E-state index is 12.2. The van der Waals surface area contributed by atoms with E-state index in [1.807, 2.05) is 60.7 Å². The van der Waals surface area contributed by atoms with Crippen LogP contribution < -0.4 is 4.72 Å². The molecule has 0 radical (unpaired) electrons. The molecule has 2 N–H and O–H groups in total. The van der Waals surface area contributed by atoms with Gasteiger partial charge in [0.15, 0.2) is 0 Å². The standard InChI is InChI=1S/C16H17NO2S/c18-16(13-7-3-1-4-8-13,14-9-5-2-6-10-14)15-11-12-17-20(15)19/h1-10,15,17-18H,11-12H2/t15-,20-/m0/s1. The zero-order chi connectivity index (χ0) is 14.0. The summed E-state index contributed by atoms with van der Waals surface area (Å²) in [7, 11) is -1.23. The van der Waals surface area contributed by atoms with Crippen LogP contribution in [0, 0.1) is 0 Å². The van der Waals surface area contributed by atoms with Crippen LogP contribution in [0.25, 0.3) is 0 Å². The third-order valence-corrected chi connectivity index (χ3v) is 5.39. The zero-order valence-corrected chi connectivity index (χ0v) is 11.8. The number of nitrogens with one attached hydrogen (secondary N) is 1. The van der Waals surface area contributed by atoms with Crippen molar-refractivity contribution in [1.29, 1.82) is 0 Å². The van der Waals surface area contributed by atoms with Gasteiger partial charge in [-0.15, -0.1) is 0 Å². The quantitative estimate of drug-likeness (QED) is 0.906. The van der Waals surface area contributed by atoms with Gasteiger partial charge in [0.05, 0.1) is 16.2 Å². The molecule has 1 fully saturated rings. The molecule has 0 aromatic heterocycles. The maximum atomic E-state index is 12.2. The van der Waals surface area contributed by atoms with E-state index in [0.717, 1.165) is 11.1 Å². The molecular formula is C16H17NO2S. The van der Waals surface area contributed by atoms with Crippen molar-refractivity contribution in [3.63, 3.8) is 0 Å². The predicted molar refractivity (Wildman–Crippen MR) is 80.4 cm³/mol. The summed E-state index contributed by atoms with van der Waals surface area (Å²) in [5, 5.41) is 11.1. The van der Waals surface area contributed by atoms with E-state index in [-0.39, 0.29) is 5.25 Å². The second kappa shape index (κ2) is 5.48. The molecule has 20 heavy (non-hydrogen) atoms. The Morgan fingerprint density at radius 2 is 1.50 bits per heavy atom. The van der Waals surface area contributed by atoms with Crippen molar-refractivity contribution in [3.8, 4) is 0 Å². The fraction of sp³-hybridized carbons (Fsp3) is 0.250. The van der Waals surface area contributed by atoms with E-state index in [1.54, 1.807) is 0 Å². The molecule has 0 saturated carbocycles. The molecule has 104 valence electrons. The van der Waals surface area contributed by atoms with Gasteiger partial charge in [0.25, 0.3) is 0 Å². The van der Waals surface area contributed by atoms with Crippen LogP contribution in [0.15, 0.2) is 60.7 Å². The molecule has 0 amide bonds. The van der Waals surface area contributed by atoms with Crippen LogP contribution in [-0.2, 0) is 16.6 Å². The Labute approximate surface area is 121 Å². The summed E-state index contributed by atoms with van der Waals surface area (Å²) < 4.78 is 15.1. The van der Waals surface area contributed by atoms with E-state index < -0.39 is 16.6 Å². The summed E-state index contributed by atoms with van der Waals surface area (Å²) in [6.07, 6.45) is 0.687. The van der Waals surface area contributed by atoms with Crippen molar-refractivity contribution in [2.24, 2.45) is 0 Å². The van der Waals surface area contributed by atoms with Crippen molar-refractivity contribution < 1.29 is 9.32 Å². The molecule has 2 aromatic carbocycles. The minimum atomic E-state index is -1.23. The van der Waals surface area contributed by atoms with Crippen LogP contribution >= 0.6 is 0 Å². The highest BCUT2D eigenvalue weighted by Gasteiger charge is 2.45. The molecule has 1 aliphatic rings. The molecule has 1 aliphatic heterocycles. The van der Waals surface area contributed by atoms with Gasteiger partial charge in [0.1, 0.15) is 5.60 Å². The normalized spacial score (nSPS) is 22.9. The van der Waals surface area contributed by atoms with Crippen molar-refractivity contribution in [2.75, 3.05) is 6.54 Å².